The van der Waals surface area contributed by atoms with Crippen LogP contribution in [0.25, 0.3) is 0 Å². The second-order valence-electron chi connectivity index (χ2n) is 4.87. The van der Waals surface area contributed by atoms with E-state index in [2.05, 4.69) is 4.99 Å². The van der Waals surface area contributed by atoms with E-state index >= 15 is 0 Å². The van der Waals surface area contributed by atoms with Crippen LogP contribution < -0.4 is 0 Å². The average molecular weight is 284 g/mol. The second kappa shape index (κ2) is 6.39. The van der Waals surface area contributed by atoms with Gasteiger partial charge in [-0.25, -0.2) is 9.79 Å². The molecule has 0 N–H and O–H groups in total. The molecule has 0 aromatic carbocycles. The highest BCUT2D eigenvalue weighted by Gasteiger charge is 2.23. The van der Waals surface area contributed by atoms with Crippen LogP contribution >= 0.6 is 0 Å². The summed E-state index contributed by atoms with van der Waals surface area (Å²) < 4.78 is 5.03. The summed E-state index contributed by atoms with van der Waals surface area (Å²) in [5.41, 5.74) is 4.16. The van der Waals surface area contributed by atoms with Crippen LogP contribution in [0.15, 0.2) is 64.1 Å². The maximum Gasteiger partial charge on any atom is 0.357 e. The van der Waals surface area contributed by atoms with E-state index in [-0.39, 0.29) is 5.97 Å². The monoisotopic (exact) mass is 284 g/mol. The maximum atomic E-state index is 11.8. The Balaban J connectivity index is 2.28. The van der Waals surface area contributed by atoms with Gasteiger partial charge in [0.2, 0.25) is 0 Å². The number of rotatable bonds is 3. The third-order valence-electron chi connectivity index (χ3n) is 3.41. The summed E-state index contributed by atoms with van der Waals surface area (Å²) >= 11 is 0. The molecule has 2 heterocycles. The number of hydrogen-bond donors (Lipinski definition) is 0. The number of aliphatic imine (C=N–C) groups is 1. The van der Waals surface area contributed by atoms with Gasteiger partial charge in [-0.15, -0.1) is 0 Å². The Hall–Kier alpha value is -2.36. The summed E-state index contributed by atoms with van der Waals surface area (Å²) in [6, 6.07) is 0. The van der Waals surface area contributed by atoms with Gasteiger partial charge in [0.05, 0.1) is 6.61 Å². The molecule has 0 aromatic rings. The molecule has 110 valence electrons. The van der Waals surface area contributed by atoms with Crippen molar-refractivity contribution in [2.45, 2.75) is 20.8 Å². The lowest BCUT2D eigenvalue weighted by Crippen LogP contribution is -2.10. The van der Waals surface area contributed by atoms with E-state index in [0.717, 1.165) is 22.6 Å². The topological polar surface area (TPSA) is 41.9 Å². The lowest BCUT2D eigenvalue weighted by molar-refractivity contribution is -0.138. The highest BCUT2D eigenvalue weighted by Crippen LogP contribution is 2.26. The lowest BCUT2D eigenvalue weighted by Gasteiger charge is -2.17. The summed E-state index contributed by atoms with van der Waals surface area (Å²) in [5, 5.41) is 0. The zero-order valence-electron chi connectivity index (χ0n) is 12.9. The molecule has 4 heteroatoms. The molecule has 0 aromatic heterocycles. The average Bonchev–Trinajstić information content (AvgIpc) is 2.74. The zero-order chi connectivity index (χ0) is 15.4. The van der Waals surface area contributed by atoms with Crippen molar-refractivity contribution in [3.63, 3.8) is 0 Å². The van der Waals surface area contributed by atoms with Crippen molar-refractivity contribution in [1.29, 1.82) is 0 Å². The van der Waals surface area contributed by atoms with Crippen LogP contribution in [0.5, 0.6) is 0 Å². The molecule has 21 heavy (non-hydrogen) atoms. The maximum absolute atomic E-state index is 11.8. The Kier molecular flexibility index (Phi) is 4.58. The fraction of sp³-hybridized carbons (Fsp3) is 0.294. The smallest absolute Gasteiger partial charge is 0.357 e. The minimum Gasteiger partial charge on any atom is -0.461 e. The van der Waals surface area contributed by atoms with Gasteiger partial charge in [-0.2, -0.15) is 0 Å². The minimum absolute atomic E-state index is 0.356. The molecule has 0 saturated heterocycles. The van der Waals surface area contributed by atoms with Gasteiger partial charge in [0.15, 0.2) is 5.70 Å². The first kappa shape index (κ1) is 15.0. The molecule has 0 radical (unpaired) electrons. The number of esters is 1. The van der Waals surface area contributed by atoms with E-state index in [1.54, 1.807) is 6.92 Å². The van der Waals surface area contributed by atoms with Crippen LogP contribution in [0.3, 0.4) is 0 Å². The fourth-order valence-electron chi connectivity index (χ4n) is 2.23. The molecule has 2 aliphatic rings. The van der Waals surface area contributed by atoms with Gasteiger partial charge in [-0.3, -0.25) is 0 Å². The summed E-state index contributed by atoms with van der Waals surface area (Å²) in [7, 11) is 1.99. The molecular formula is C17H20N2O2. The first-order valence-electron chi connectivity index (χ1n) is 6.98. The van der Waals surface area contributed by atoms with Crippen molar-refractivity contribution in [1.82, 2.24) is 4.90 Å². The molecule has 0 atom stereocenters. The number of allylic oxidation sites excluding steroid dienone is 7. The second-order valence-corrected chi connectivity index (χ2v) is 4.87. The van der Waals surface area contributed by atoms with Crippen molar-refractivity contribution in [3.8, 4) is 0 Å². The molecule has 0 amide bonds. The van der Waals surface area contributed by atoms with Gasteiger partial charge in [-0.1, -0.05) is 12.2 Å². The van der Waals surface area contributed by atoms with Crippen LogP contribution in [0.2, 0.25) is 0 Å². The van der Waals surface area contributed by atoms with Gasteiger partial charge in [0.1, 0.15) is 0 Å². The van der Waals surface area contributed by atoms with Crippen LogP contribution in [-0.4, -0.2) is 30.2 Å². The number of likely N-dealkylation sites (N-methyl/N-ethyl adjacent to an activating group) is 1. The normalized spacial score (nSPS) is 21.5. The van der Waals surface area contributed by atoms with Gasteiger partial charge >= 0.3 is 5.97 Å². The number of carbonyl (C=O) groups excluding carboxylic acids is 1. The van der Waals surface area contributed by atoms with Crippen LogP contribution in [-0.2, 0) is 9.53 Å². The Morgan fingerprint density at radius 1 is 1.33 bits per heavy atom. The van der Waals surface area contributed by atoms with Gasteiger partial charge < -0.3 is 9.64 Å². The first-order chi connectivity index (χ1) is 10.0. The summed E-state index contributed by atoms with van der Waals surface area (Å²) in [6.07, 6.45) is 12.0. The number of ether oxygens (including phenoxy) is 1. The van der Waals surface area contributed by atoms with Gasteiger partial charge in [0.25, 0.3) is 0 Å². The van der Waals surface area contributed by atoms with Crippen molar-refractivity contribution >= 4 is 11.7 Å². The lowest BCUT2D eigenvalue weighted by atomic mass is 10.0. The SMILES string of the molecule is CCOC(=O)C1=C(C)/C(=C/C=C2\C=CC=CN2C)C(C)=N1. The highest BCUT2D eigenvalue weighted by atomic mass is 16.5. The van der Waals surface area contributed by atoms with Crippen LogP contribution in [0.4, 0.5) is 0 Å². The molecule has 0 bridgehead atoms. The molecule has 0 unspecified atom stereocenters. The Labute approximate surface area is 125 Å². The quantitative estimate of drug-likeness (QED) is 0.748. The Morgan fingerprint density at radius 3 is 2.76 bits per heavy atom. The predicted octanol–water partition coefficient (Wildman–Crippen LogP) is 3.12. The summed E-state index contributed by atoms with van der Waals surface area (Å²) in [4.78, 5) is 18.2. The summed E-state index contributed by atoms with van der Waals surface area (Å²) in [5.74, 6) is -0.358. The summed E-state index contributed by atoms with van der Waals surface area (Å²) in [6.45, 7) is 5.95. The van der Waals surface area contributed by atoms with Crippen molar-refractivity contribution in [2.24, 2.45) is 4.99 Å². The van der Waals surface area contributed by atoms with E-state index in [1.165, 1.54) is 0 Å². The molecular weight excluding hydrogens is 264 g/mol. The fourth-order valence-corrected chi connectivity index (χ4v) is 2.23. The van der Waals surface area contributed by atoms with E-state index in [1.807, 2.05) is 62.4 Å². The van der Waals surface area contributed by atoms with Crippen LogP contribution in [0, 0.1) is 0 Å². The minimum atomic E-state index is -0.358. The number of hydrogen-bond acceptors (Lipinski definition) is 4. The van der Waals surface area contributed by atoms with E-state index in [0.29, 0.717) is 12.3 Å². The van der Waals surface area contributed by atoms with Crippen LogP contribution in [0.1, 0.15) is 20.8 Å². The number of nitrogens with zero attached hydrogens (tertiary/aromatic N) is 2. The predicted molar refractivity (Wildman–Crippen MR) is 84.7 cm³/mol. The molecule has 4 nitrogen and oxygen atoms in total. The van der Waals surface area contributed by atoms with Crippen molar-refractivity contribution in [2.75, 3.05) is 13.7 Å². The number of carbonyl (C=O) groups is 1. The van der Waals surface area contributed by atoms with E-state index in [4.69, 9.17) is 4.74 Å². The standard InChI is InChI=1S/C17H20N2O2/c1-5-21-17(20)16-12(2)15(13(3)18-16)10-9-14-8-6-7-11-19(14)4/h6-11H,5H2,1-4H3/b14-9+,15-10-. The molecule has 0 fully saturated rings. The van der Waals surface area contributed by atoms with Gasteiger partial charge in [0, 0.05) is 30.2 Å². The Morgan fingerprint density at radius 2 is 2.10 bits per heavy atom. The molecule has 2 aliphatic heterocycles. The zero-order valence-corrected chi connectivity index (χ0v) is 12.9. The van der Waals surface area contributed by atoms with Gasteiger partial charge in [-0.05, 0) is 44.6 Å². The highest BCUT2D eigenvalue weighted by molar-refractivity contribution is 6.10. The van der Waals surface area contributed by atoms with E-state index < -0.39 is 0 Å². The largest absolute Gasteiger partial charge is 0.461 e. The van der Waals surface area contributed by atoms with E-state index in [9.17, 15) is 4.79 Å². The van der Waals surface area contributed by atoms with Crippen molar-refractivity contribution < 1.29 is 9.53 Å². The molecule has 0 aliphatic carbocycles. The molecule has 0 spiro atoms. The first-order valence-corrected chi connectivity index (χ1v) is 6.98. The van der Waals surface area contributed by atoms with Crippen molar-refractivity contribution in [3.05, 3.63) is 59.1 Å². The third-order valence-corrected chi connectivity index (χ3v) is 3.41. The Bertz CT molecular complexity index is 631. The molecule has 0 saturated carbocycles. The third kappa shape index (κ3) is 3.21. The molecule has 2 rings (SSSR count).